The van der Waals surface area contributed by atoms with Crippen LogP contribution in [0.2, 0.25) is 0 Å². The van der Waals surface area contributed by atoms with Gasteiger partial charge < -0.3 is 15.1 Å². The number of carbonyl (C=O) groups is 1. The monoisotopic (exact) mass is 435 g/mol. The van der Waals surface area contributed by atoms with Crippen molar-refractivity contribution in [3.05, 3.63) is 71.0 Å². The Balaban J connectivity index is 0.000000523. The molecular weight excluding hydrogens is 405 g/mol. The summed E-state index contributed by atoms with van der Waals surface area (Å²) in [4.78, 5) is 13.6. The Labute approximate surface area is 188 Å². The number of halogens is 1. The zero-order valence-corrected chi connectivity index (χ0v) is 19.2. The van der Waals surface area contributed by atoms with Crippen molar-refractivity contribution in [1.82, 2.24) is 0 Å². The molecule has 0 saturated heterocycles. The number of anilines is 1. The molecule has 32 heavy (non-hydrogen) atoms. The number of likely N-dealkylation sites (N-methyl/N-ethyl adjacent to an activating group) is 1. The summed E-state index contributed by atoms with van der Waals surface area (Å²) < 4.78 is 14.5. The normalized spacial score (nSPS) is 12.9. The third-order valence-corrected chi connectivity index (χ3v) is 5.19. The second kappa shape index (κ2) is 9.13. The minimum Gasteiger partial charge on any atom is -0.481 e. The molecular formula is C27H30FNO3. The van der Waals surface area contributed by atoms with Gasteiger partial charge in [0.2, 0.25) is 0 Å². The Bertz CT molecular complexity index is 1190. The second-order valence-electron chi connectivity index (χ2n) is 9.15. The molecule has 168 valence electrons. The van der Waals surface area contributed by atoms with E-state index in [0.29, 0.717) is 12.1 Å². The van der Waals surface area contributed by atoms with Crippen LogP contribution in [0.15, 0.2) is 48.5 Å². The molecule has 1 aliphatic rings. The minimum absolute atomic E-state index is 0.0717. The second-order valence-corrected chi connectivity index (χ2v) is 9.15. The highest BCUT2D eigenvalue weighted by atomic mass is 19.1. The molecule has 0 aliphatic carbocycles. The first-order valence-corrected chi connectivity index (χ1v) is 10.6. The minimum atomic E-state index is -0.876. The quantitative estimate of drug-likeness (QED) is 0.544. The first kappa shape index (κ1) is 23.5. The largest absolute Gasteiger partial charge is 0.481 e. The van der Waals surface area contributed by atoms with Gasteiger partial charge in [-0.15, -0.1) is 0 Å². The van der Waals surface area contributed by atoms with Crippen LogP contribution in [0.4, 0.5) is 10.1 Å². The van der Waals surface area contributed by atoms with Gasteiger partial charge in [0, 0.05) is 24.7 Å². The van der Waals surface area contributed by atoms with E-state index in [-0.39, 0.29) is 12.2 Å². The summed E-state index contributed by atoms with van der Waals surface area (Å²) in [6.45, 7) is 7.85. The molecule has 0 amide bonds. The number of hydrogen-bond acceptors (Lipinski definition) is 3. The van der Waals surface area contributed by atoms with Crippen molar-refractivity contribution in [2.75, 3.05) is 18.5 Å². The lowest BCUT2D eigenvalue weighted by atomic mass is 9.86. The van der Waals surface area contributed by atoms with E-state index >= 15 is 0 Å². The van der Waals surface area contributed by atoms with Gasteiger partial charge in [-0.2, -0.15) is 0 Å². The maximum absolute atomic E-state index is 14.5. The fourth-order valence-corrected chi connectivity index (χ4v) is 3.99. The van der Waals surface area contributed by atoms with E-state index in [1.807, 2.05) is 61.4 Å². The number of nitrogens with zero attached hydrogens (tertiary/aromatic N) is 1. The molecule has 1 heterocycles. The van der Waals surface area contributed by atoms with Crippen molar-refractivity contribution in [2.24, 2.45) is 0 Å². The molecule has 0 saturated carbocycles. The van der Waals surface area contributed by atoms with Crippen molar-refractivity contribution in [3.8, 4) is 11.1 Å². The average molecular weight is 436 g/mol. The van der Waals surface area contributed by atoms with Crippen LogP contribution in [0.1, 0.15) is 37.5 Å². The molecule has 0 unspecified atom stereocenters. The number of fused-ring (bicyclic) bond motifs is 2. The molecule has 3 aromatic rings. The van der Waals surface area contributed by atoms with Gasteiger partial charge in [-0.1, -0.05) is 42.5 Å². The van der Waals surface area contributed by atoms with Gasteiger partial charge in [0.15, 0.2) is 0 Å². The van der Waals surface area contributed by atoms with Gasteiger partial charge in [0.1, 0.15) is 5.82 Å². The Morgan fingerprint density at radius 1 is 1.16 bits per heavy atom. The summed E-state index contributed by atoms with van der Waals surface area (Å²) in [6, 6.07) is 13.2. The fourth-order valence-electron chi connectivity index (χ4n) is 3.99. The Kier molecular flexibility index (Phi) is 6.70. The number of carboxylic acid groups (broad SMARTS) is 1. The summed E-state index contributed by atoms with van der Waals surface area (Å²) >= 11 is 0. The van der Waals surface area contributed by atoms with Crippen LogP contribution in [0.3, 0.4) is 0 Å². The molecule has 0 radical (unpaired) electrons. The van der Waals surface area contributed by atoms with Gasteiger partial charge in [-0.25, -0.2) is 4.39 Å². The highest BCUT2D eigenvalue weighted by Gasteiger charge is 2.23. The molecule has 0 bridgehead atoms. The molecule has 4 nitrogen and oxygen atoms in total. The van der Waals surface area contributed by atoms with Crippen LogP contribution >= 0.6 is 0 Å². The molecule has 2 N–H and O–H groups in total. The van der Waals surface area contributed by atoms with Crippen molar-refractivity contribution >= 4 is 28.5 Å². The van der Waals surface area contributed by atoms with Crippen LogP contribution in [0, 0.1) is 12.7 Å². The van der Waals surface area contributed by atoms with Crippen LogP contribution in [-0.2, 0) is 11.2 Å². The van der Waals surface area contributed by atoms with Gasteiger partial charge in [-0.05, 0) is 67.3 Å². The summed E-state index contributed by atoms with van der Waals surface area (Å²) in [5, 5.41) is 20.0. The summed E-state index contributed by atoms with van der Waals surface area (Å²) in [6.07, 6.45) is 3.67. The van der Waals surface area contributed by atoms with Gasteiger partial charge in [0.25, 0.3) is 0 Å². The zero-order chi connectivity index (χ0) is 23.6. The molecule has 3 aromatic carbocycles. The molecule has 5 heteroatoms. The lowest BCUT2D eigenvalue weighted by Gasteiger charge is -2.28. The Morgan fingerprint density at radius 2 is 1.81 bits per heavy atom. The summed E-state index contributed by atoms with van der Waals surface area (Å²) in [5.74, 6) is -1.15. The van der Waals surface area contributed by atoms with Crippen molar-refractivity contribution in [3.63, 3.8) is 0 Å². The number of hydrogen-bond donors (Lipinski definition) is 2. The maximum Gasteiger partial charge on any atom is 0.307 e. The molecule has 1 aliphatic heterocycles. The van der Waals surface area contributed by atoms with Crippen molar-refractivity contribution in [2.45, 2.75) is 39.7 Å². The standard InChI is InChI=1S/C23H20FNO2.C4H10O/c1-14-12-15-6-3-4-7-16(15)22(19(14)13-21(26)27)18-9-10-20(24)17-8-5-11-25(2)23(17)18;1-4(2,3)5/h3-10,12H,11,13H2,1-2H3,(H,26,27);5H,1-3H3. The van der Waals surface area contributed by atoms with E-state index in [1.54, 1.807) is 26.8 Å². The van der Waals surface area contributed by atoms with Crippen LogP contribution in [0.5, 0.6) is 0 Å². The SMILES string of the molecule is CC(C)(C)O.Cc1cc2ccccc2c(-c2ccc(F)c3c2N(C)CC=C3)c1CC(=O)O. The van der Waals surface area contributed by atoms with E-state index in [2.05, 4.69) is 0 Å². The molecule has 0 spiro atoms. The first-order chi connectivity index (χ1) is 15.0. The molecule has 4 rings (SSSR count). The predicted molar refractivity (Wildman–Crippen MR) is 130 cm³/mol. The smallest absolute Gasteiger partial charge is 0.307 e. The highest BCUT2D eigenvalue weighted by molar-refractivity contribution is 6.04. The first-order valence-electron chi connectivity index (χ1n) is 10.6. The van der Waals surface area contributed by atoms with E-state index in [9.17, 15) is 14.3 Å². The molecule has 0 atom stereocenters. The van der Waals surface area contributed by atoms with Crippen LogP contribution in [-0.4, -0.2) is 35.4 Å². The van der Waals surface area contributed by atoms with Crippen LogP contribution < -0.4 is 4.90 Å². The topological polar surface area (TPSA) is 60.8 Å². The summed E-state index contributed by atoms with van der Waals surface area (Å²) in [7, 11) is 1.93. The highest BCUT2D eigenvalue weighted by Crippen LogP contribution is 2.43. The van der Waals surface area contributed by atoms with Gasteiger partial charge in [0.05, 0.1) is 17.7 Å². The lowest BCUT2D eigenvalue weighted by Crippen LogP contribution is -2.22. The molecule has 0 aromatic heterocycles. The number of aliphatic carboxylic acids is 1. The number of carboxylic acids is 1. The average Bonchev–Trinajstić information content (AvgIpc) is 2.68. The van der Waals surface area contributed by atoms with Crippen LogP contribution in [0.25, 0.3) is 28.0 Å². The Hall–Kier alpha value is -3.18. The van der Waals surface area contributed by atoms with Gasteiger partial charge >= 0.3 is 5.97 Å². The van der Waals surface area contributed by atoms with E-state index in [4.69, 9.17) is 5.11 Å². The summed E-state index contributed by atoms with van der Waals surface area (Å²) in [5.41, 5.74) is 4.31. The van der Waals surface area contributed by atoms with Crippen molar-refractivity contribution < 1.29 is 19.4 Å². The fraction of sp³-hybridized carbons (Fsp3) is 0.296. The number of aliphatic hydroxyl groups is 1. The molecule has 0 fully saturated rings. The maximum atomic E-state index is 14.5. The van der Waals surface area contributed by atoms with E-state index in [0.717, 1.165) is 38.7 Å². The third kappa shape index (κ3) is 5.17. The third-order valence-electron chi connectivity index (χ3n) is 5.19. The predicted octanol–water partition coefficient (Wildman–Crippen LogP) is 5.82. The van der Waals surface area contributed by atoms with Crippen molar-refractivity contribution in [1.29, 1.82) is 0 Å². The number of benzene rings is 3. The Morgan fingerprint density at radius 3 is 2.47 bits per heavy atom. The van der Waals surface area contributed by atoms with E-state index in [1.165, 1.54) is 6.07 Å². The number of rotatable bonds is 3. The van der Waals surface area contributed by atoms with Gasteiger partial charge in [-0.3, -0.25) is 4.79 Å². The lowest BCUT2D eigenvalue weighted by molar-refractivity contribution is -0.136. The zero-order valence-electron chi connectivity index (χ0n) is 19.2. The van der Waals surface area contributed by atoms with E-state index < -0.39 is 11.6 Å². The number of aryl methyl sites for hydroxylation is 1.